The monoisotopic (exact) mass is 530 g/mol. The minimum absolute atomic E-state index is 0.132. The van der Waals surface area contributed by atoms with E-state index in [-0.39, 0.29) is 24.8 Å². The van der Waals surface area contributed by atoms with Crippen molar-refractivity contribution in [3.05, 3.63) is 105 Å². The highest BCUT2D eigenvalue weighted by atomic mass is 35.5. The lowest BCUT2D eigenvalue weighted by molar-refractivity contribution is -0.141. The largest absolute Gasteiger partial charge is 0.350 e. The van der Waals surface area contributed by atoms with Crippen LogP contribution in [0.25, 0.3) is 0 Å². The summed E-state index contributed by atoms with van der Waals surface area (Å²) in [6.45, 7) is 5.97. The maximum Gasteiger partial charge on any atom is 0.243 e. The van der Waals surface area contributed by atoms with E-state index < -0.39 is 11.6 Å². The molecule has 0 radical (unpaired) electrons. The number of benzene rings is 3. The van der Waals surface area contributed by atoms with Gasteiger partial charge in [0.2, 0.25) is 11.8 Å². The first-order valence-electron chi connectivity index (χ1n) is 11.4. The molecule has 7 heteroatoms. The fourth-order valence-corrected chi connectivity index (χ4v) is 4.17. The minimum atomic E-state index is -0.731. The highest BCUT2D eigenvalue weighted by molar-refractivity contribution is 6.42. The summed E-state index contributed by atoms with van der Waals surface area (Å²) in [6.07, 6.45) is 0.503. The molecule has 3 aromatic rings. The van der Waals surface area contributed by atoms with Crippen LogP contribution in [0.1, 0.15) is 37.5 Å². The molecule has 0 aliphatic heterocycles. The van der Waals surface area contributed by atoms with E-state index >= 15 is 0 Å². The van der Waals surface area contributed by atoms with Crippen LogP contribution in [0.5, 0.6) is 0 Å². The molecule has 1 atom stereocenters. The van der Waals surface area contributed by atoms with Crippen molar-refractivity contribution >= 4 is 46.6 Å². The minimum Gasteiger partial charge on any atom is -0.350 e. The Labute approximate surface area is 222 Å². The molecule has 2 amide bonds. The van der Waals surface area contributed by atoms with Crippen LogP contribution >= 0.6 is 34.8 Å². The lowest BCUT2D eigenvalue weighted by atomic mass is 10.00. The first-order chi connectivity index (χ1) is 16.5. The molecule has 0 heterocycles. The number of carbonyl (C=O) groups is 2. The van der Waals surface area contributed by atoms with Crippen LogP contribution in [-0.2, 0) is 29.0 Å². The molecule has 0 saturated carbocycles. The molecule has 1 N–H and O–H groups in total. The Bertz CT molecular complexity index is 1160. The van der Waals surface area contributed by atoms with Gasteiger partial charge in [0.05, 0.1) is 16.5 Å². The standard InChI is InChI=1S/C28H29Cl3N2O2/c1-28(2,3)32-27(35)25(16-19-7-5-4-6-8-19)33(18-21-11-14-23(30)24(31)15-21)26(34)17-20-9-12-22(29)13-10-20/h4-15,25H,16-18H2,1-3H3,(H,32,35)/t25-/m0/s1. The second-order valence-corrected chi connectivity index (χ2v) is 10.8. The Kier molecular flexibility index (Phi) is 9.23. The fraction of sp³-hybridized carbons (Fsp3) is 0.286. The molecule has 184 valence electrons. The fourth-order valence-electron chi connectivity index (χ4n) is 3.72. The highest BCUT2D eigenvalue weighted by Gasteiger charge is 2.32. The van der Waals surface area contributed by atoms with Crippen molar-refractivity contribution in [3.8, 4) is 0 Å². The molecule has 0 aliphatic carbocycles. The molecule has 0 fully saturated rings. The summed E-state index contributed by atoms with van der Waals surface area (Å²) in [6, 6.07) is 21.3. The van der Waals surface area contributed by atoms with Crippen LogP contribution in [-0.4, -0.2) is 28.3 Å². The van der Waals surface area contributed by atoms with Gasteiger partial charge in [-0.3, -0.25) is 9.59 Å². The molecule has 4 nitrogen and oxygen atoms in total. The summed E-state index contributed by atoms with van der Waals surface area (Å²) < 4.78 is 0. The van der Waals surface area contributed by atoms with Gasteiger partial charge in [0.1, 0.15) is 6.04 Å². The van der Waals surface area contributed by atoms with Crippen LogP contribution in [0.15, 0.2) is 72.8 Å². The number of carbonyl (C=O) groups excluding carboxylic acids is 2. The Morgan fingerprint density at radius 2 is 1.46 bits per heavy atom. The molecule has 0 saturated heterocycles. The Hall–Kier alpha value is -2.53. The molecule has 0 spiro atoms. The number of hydrogen-bond donors (Lipinski definition) is 1. The zero-order valence-corrected chi connectivity index (χ0v) is 22.3. The first-order valence-corrected chi connectivity index (χ1v) is 12.5. The lowest BCUT2D eigenvalue weighted by Crippen LogP contribution is -2.54. The maximum absolute atomic E-state index is 13.7. The van der Waals surface area contributed by atoms with Gasteiger partial charge in [-0.15, -0.1) is 0 Å². The van der Waals surface area contributed by atoms with Gasteiger partial charge in [0.25, 0.3) is 0 Å². The number of hydrogen-bond acceptors (Lipinski definition) is 2. The smallest absolute Gasteiger partial charge is 0.243 e. The average molecular weight is 532 g/mol. The number of rotatable bonds is 8. The van der Waals surface area contributed by atoms with Gasteiger partial charge in [-0.05, 0) is 61.7 Å². The van der Waals surface area contributed by atoms with E-state index in [9.17, 15) is 9.59 Å². The molecule has 0 aliphatic rings. The van der Waals surface area contributed by atoms with Crippen LogP contribution in [0.4, 0.5) is 0 Å². The molecule has 0 aromatic heterocycles. The summed E-state index contributed by atoms with van der Waals surface area (Å²) in [4.78, 5) is 28.9. The van der Waals surface area contributed by atoms with Crippen LogP contribution < -0.4 is 5.32 Å². The zero-order valence-electron chi connectivity index (χ0n) is 20.0. The van der Waals surface area contributed by atoms with Crippen LogP contribution in [0.3, 0.4) is 0 Å². The zero-order chi connectivity index (χ0) is 25.6. The van der Waals surface area contributed by atoms with E-state index in [0.29, 0.717) is 21.5 Å². The lowest BCUT2D eigenvalue weighted by Gasteiger charge is -2.34. The molecular weight excluding hydrogens is 503 g/mol. The van der Waals surface area contributed by atoms with Gasteiger partial charge in [-0.2, -0.15) is 0 Å². The van der Waals surface area contributed by atoms with Crippen molar-refractivity contribution in [3.63, 3.8) is 0 Å². The molecule has 0 unspecified atom stereocenters. The highest BCUT2D eigenvalue weighted by Crippen LogP contribution is 2.25. The van der Waals surface area contributed by atoms with Gasteiger partial charge in [-0.1, -0.05) is 83.3 Å². The topological polar surface area (TPSA) is 49.4 Å². The number of amides is 2. The molecule has 3 aromatic carbocycles. The van der Waals surface area contributed by atoms with E-state index in [1.54, 1.807) is 29.2 Å². The number of halogens is 3. The summed E-state index contributed by atoms with van der Waals surface area (Å²) >= 11 is 18.4. The van der Waals surface area contributed by atoms with Crippen LogP contribution in [0.2, 0.25) is 15.1 Å². The van der Waals surface area contributed by atoms with E-state index in [2.05, 4.69) is 5.32 Å². The average Bonchev–Trinajstić information content (AvgIpc) is 2.79. The van der Waals surface area contributed by atoms with Gasteiger partial charge in [0.15, 0.2) is 0 Å². The Morgan fingerprint density at radius 1 is 0.829 bits per heavy atom. The van der Waals surface area contributed by atoms with Crippen molar-refractivity contribution in [2.75, 3.05) is 0 Å². The van der Waals surface area contributed by atoms with Crippen molar-refractivity contribution in [2.24, 2.45) is 0 Å². The second-order valence-electron chi connectivity index (χ2n) is 9.52. The van der Waals surface area contributed by atoms with Crippen LogP contribution in [0, 0.1) is 0 Å². The summed E-state index contributed by atoms with van der Waals surface area (Å²) in [5.41, 5.74) is 2.10. The first kappa shape index (κ1) is 27.1. The van der Waals surface area contributed by atoms with Gasteiger partial charge in [0, 0.05) is 23.5 Å². The summed E-state index contributed by atoms with van der Waals surface area (Å²) in [5, 5.41) is 4.48. The van der Waals surface area contributed by atoms with E-state index in [1.807, 2.05) is 69.3 Å². The van der Waals surface area contributed by atoms with Crippen molar-refractivity contribution in [2.45, 2.75) is 51.7 Å². The summed E-state index contributed by atoms with van der Waals surface area (Å²) in [7, 11) is 0. The molecular formula is C28H29Cl3N2O2. The Morgan fingerprint density at radius 3 is 2.06 bits per heavy atom. The third kappa shape index (κ3) is 8.28. The van der Waals surface area contributed by atoms with Crippen molar-refractivity contribution in [1.82, 2.24) is 10.2 Å². The Balaban J connectivity index is 2.00. The molecule has 3 rings (SSSR count). The van der Waals surface area contributed by atoms with E-state index in [1.165, 1.54) is 0 Å². The maximum atomic E-state index is 13.7. The van der Waals surface area contributed by atoms with Gasteiger partial charge in [-0.25, -0.2) is 0 Å². The molecule has 35 heavy (non-hydrogen) atoms. The predicted molar refractivity (Wildman–Crippen MR) is 144 cm³/mol. The van der Waals surface area contributed by atoms with E-state index in [4.69, 9.17) is 34.8 Å². The van der Waals surface area contributed by atoms with Crippen molar-refractivity contribution < 1.29 is 9.59 Å². The molecule has 0 bridgehead atoms. The van der Waals surface area contributed by atoms with Gasteiger partial charge < -0.3 is 10.2 Å². The SMILES string of the molecule is CC(C)(C)NC(=O)[C@H](Cc1ccccc1)N(Cc1ccc(Cl)c(Cl)c1)C(=O)Cc1ccc(Cl)cc1. The van der Waals surface area contributed by atoms with Gasteiger partial charge >= 0.3 is 0 Å². The number of nitrogens with one attached hydrogen (secondary N) is 1. The predicted octanol–water partition coefficient (Wildman–Crippen LogP) is 6.74. The second kappa shape index (κ2) is 11.9. The third-order valence-electron chi connectivity index (χ3n) is 5.37. The number of nitrogens with zero attached hydrogens (tertiary/aromatic N) is 1. The van der Waals surface area contributed by atoms with Crippen molar-refractivity contribution in [1.29, 1.82) is 0 Å². The van der Waals surface area contributed by atoms with E-state index in [0.717, 1.165) is 16.7 Å². The summed E-state index contributed by atoms with van der Waals surface area (Å²) in [5.74, 6) is -0.394. The quantitative estimate of drug-likeness (QED) is 0.350. The third-order valence-corrected chi connectivity index (χ3v) is 6.37. The normalized spacial score (nSPS) is 12.2.